The molecule has 1 saturated carbocycles. The summed E-state index contributed by atoms with van der Waals surface area (Å²) in [5.41, 5.74) is 6.09. The van der Waals surface area contributed by atoms with Gasteiger partial charge >= 0.3 is 0 Å². The van der Waals surface area contributed by atoms with Crippen molar-refractivity contribution in [3.05, 3.63) is 0 Å². The number of ether oxygens (including phenoxy) is 2. The zero-order chi connectivity index (χ0) is 12.1. The Balaban J connectivity index is 1.78. The predicted octanol–water partition coefficient (Wildman–Crippen LogP) is 1.04. The highest BCUT2D eigenvalue weighted by molar-refractivity contribution is 4.95. The summed E-state index contributed by atoms with van der Waals surface area (Å²) in [4.78, 5) is 0. The molecule has 1 atom stereocenters. The second-order valence-electron chi connectivity index (χ2n) is 5.44. The molecule has 3 N–H and O–H groups in total. The van der Waals surface area contributed by atoms with Gasteiger partial charge in [-0.25, -0.2) is 0 Å². The van der Waals surface area contributed by atoms with Crippen LogP contribution in [0.2, 0.25) is 0 Å². The van der Waals surface area contributed by atoms with Crippen molar-refractivity contribution >= 4 is 0 Å². The first-order valence-corrected chi connectivity index (χ1v) is 6.87. The molecule has 4 heteroatoms. The highest BCUT2D eigenvalue weighted by atomic mass is 16.5. The van der Waals surface area contributed by atoms with E-state index in [1.54, 1.807) is 7.11 Å². The molecular weight excluding hydrogens is 216 g/mol. The summed E-state index contributed by atoms with van der Waals surface area (Å²) < 4.78 is 11.1. The fourth-order valence-corrected chi connectivity index (χ4v) is 2.97. The molecule has 0 amide bonds. The normalized spacial score (nSPS) is 38.5. The van der Waals surface area contributed by atoms with Crippen LogP contribution in [0.15, 0.2) is 0 Å². The summed E-state index contributed by atoms with van der Waals surface area (Å²) in [7, 11) is 1.81. The van der Waals surface area contributed by atoms with Crippen molar-refractivity contribution in [3.63, 3.8) is 0 Å². The average Bonchev–Trinajstić information content (AvgIpc) is 2.90. The van der Waals surface area contributed by atoms with Crippen molar-refractivity contribution < 1.29 is 9.47 Å². The Morgan fingerprint density at radius 2 is 2.12 bits per heavy atom. The Morgan fingerprint density at radius 3 is 2.65 bits per heavy atom. The Hall–Kier alpha value is -0.160. The highest BCUT2D eigenvalue weighted by Gasteiger charge is 2.34. The van der Waals surface area contributed by atoms with Crippen LogP contribution in [0.5, 0.6) is 0 Å². The van der Waals surface area contributed by atoms with E-state index in [4.69, 9.17) is 15.2 Å². The maximum atomic E-state index is 5.97. The minimum atomic E-state index is 0.126. The summed E-state index contributed by atoms with van der Waals surface area (Å²) in [6, 6.07) is 0. The molecule has 2 rings (SSSR count). The molecule has 2 fully saturated rings. The zero-order valence-electron chi connectivity index (χ0n) is 10.9. The zero-order valence-corrected chi connectivity index (χ0v) is 10.9. The number of nitrogens with two attached hydrogens (primary N) is 1. The molecule has 4 nitrogen and oxygen atoms in total. The van der Waals surface area contributed by atoms with Crippen LogP contribution in [0, 0.1) is 0 Å². The van der Waals surface area contributed by atoms with Gasteiger partial charge in [-0.2, -0.15) is 0 Å². The van der Waals surface area contributed by atoms with E-state index in [2.05, 4.69) is 5.32 Å². The second kappa shape index (κ2) is 6.14. The number of methoxy groups -OCH3 is 1. The number of hydrogen-bond donors (Lipinski definition) is 2. The highest BCUT2D eigenvalue weighted by Crippen LogP contribution is 2.29. The summed E-state index contributed by atoms with van der Waals surface area (Å²) in [6.07, 6.45) is 7.70. The molecular formula is C13H26N2O2. The molecule has 0 aromatic carbocycles. The van der Waals surface area contributed by atoms with Crippen LogP contribution in [-0.2, 0) is 9.47 Å². The van der Waals surface area contributed by atoms with E-state index in [9.17, 15) is 0 Å². The van der Waals surface area contributed by atoms with E-state index in [-0.39, 0.29) is 5.54 Å². The first-order valence-electron chi connectivity index (χ1n) is 6.87. The van der Waals surface area contributed by atoms with Gasteiger partial charge in [0, 0.05) is 32.3 Å². The standard InChI is InChI=1S/C13H26N2O2/c1-16-11-4-6-13(10-14,7-5-11)15-9-12-3-2-8-17-12/h11-12,15H,2-10,14H2,1H3. The number of rotatable bonds is 5. The van der Waals surface area contributed by atoms with E-state index < -0.39 is 0 Å². The Bertz CT molecular complexity index is 221. The van der Waals surface area contributed by atoms with Crippen molar-refractivity contribution in [2.75, 3.05) is 26.8 Å². The summed E-state index contributed by atoms with van der Waals surface area (Å²) >= 11 is 0. The van der Waals surface area contributed by atoms with Crippen molar-refractivity contribution in [1.82, 2.24) is 5.32 Å². The van der Waals surface area contributed by atoms with Crippen LogP contribution in [0.1, 0.15) is 38.5 Å². The van der Waals surface area contributed by atoms with Crippen LogP contribution in [0.25, 0.3) is 0 Å². The van der Waals surface area contributed by atoms with E-state index in [1.165, 1.54) is 12.8 Å². The van der Waals surface area contributed by atoms with Gasteiger partial charge in [-0.3, -0.25) is 0 Å². The maximum Gasteiger partial charge on any atom is 0.0700 e. The minimum absolute atomic E-state index is 0.126. The van der Waals surface area contributed by atoms with Gasteiger partial charge < -0.3 is 20.5 Å². The quantitative estimate of drug-likeness (QED) is 0.756. The lowest BCUT2D eigenvalue weighted by molar-refractivity contribution is 0.0368. The third-order valence-corrected chi connectivity index (χ3v) is 4.34. The third kappa shape index (κ3) is 3.41. The smallest absolute Gasteiger partial charge is 0.0700 e. The monoisotopic (exact) mass is 242 g/mol. The van der Waals surface area contributed by atoms with Crippen LogP contribution in [0.3, 0.4) is 0 Å². The van der Waals surface area contributed by atoms with E-state index in [1.807, 2.05) is 0 Å². The van der Waals surface area contributed by atoms with Crippen molar-refractivity contribution in [2.24, 2.45) is 5.73 Å². The average molecular weight is 242 g/mol. The number of nitrogens with one attached hydrogen (secondary N) is 1. The van der Waals surface area contributed by atoms with Crippen molar-refractivity contribution in [2.45, 2.75) is 56.3 Å². The van der Waals surface area contributed by atoms with Gasteiger partial charge in [-0.05, 0) is 38.5 Å². The molecule has 0 aromatic rings. The van der Waals surface area contributed by atoms with Gasteiger partial charge in [-0.15, -0.1) is 0 Å². The first-order chi connectivity index (χ1) is 8.28. The molecule has 1 aliphatic heterocycles. The van der Waals surface area contributed by atoms with Crippen LogP contribution >= 0.6 is 0 Å². The van der Waals surface area contributed by atoms with Gasteiger partial charge in [0.05, 0.1) is 12.2 Å². The van der Waals surface area contributed by atoms with Gasteiger partial charge in [0.2, 0.25) is 0 Å². The van der Waals surface area contributed by atoms with Crippen LogP contribution in [-0.4, -0.2) is 44.6 Å². The first kappa shape index (κ1) is 13.3. The molecule has 100 valence electrons. The predicted molar refractivity (Wildman–Crippen MR) is 68.0 cm³/mol. The molecule has 1 heterocycles. The molecule has 0 aromatic heterocycles. The van der Waals surface area contributed by atoms with Gasteiger partial charge in [0.25, 0.3) is 0 Å². The maximum absolute atomic E-state index is 5.97. The lowest BCUT2D eigenvalue weighted by atomic mass is 9.80. The fourth-order valence-electron chi connectivity index (χ4n) is 2.97. The Morgan fingerprint density at radius 1 is 1.35 bits per heavy atom. The van der Waals surface area contributed by atoms with Crippen LogP contribution < -0.4 is 11.1 Å². The van der Waals surface area contributed by atoms with Crippen molar-refractivity contribution in [1.29, 1.82) is 0 Å². The molecule has 0 radical (unpaired) electrons. The number of hydrogen-bond acceptors (Lipinski definition) is 4. The lowest BCUT2D eigenvalue weighted by Crippen LogP contribution is -2.55. The fraction of sp³-hybridized carbons (Fsp3) is 1.00. The Labute approximate surface area is 104 Å². The summed E-state index contributed by atoms with van der Waals surface area (Å²) in [5, 5.41) is 3.67. The van der Waals surface area contributed by atoms with Gasteiger partial charge in [-0.1, -0.05) is 0 Å². The van der Waals surface area contributed by atoms with E-state index in [0.29, 0.717) is 12.2 Å². The van der Waals surface area contributed by atoms with Gasteiger partial charge in [0.1, 0.15) is 0 Å². The molecule has 0 bridgehead atoms. The van der Waals surface area contributed by atoms with Gasteiger partial charge in [0.15, 0.2) is 0 Å². The lowest BCUT2D eigenvalue weighted by Gasteiger charge is -2.40. The largest absolute Gasteiger partial charge is 0.381 e. The molecule has 17 heavy (non-hydrogen) atoms. The topological polar surface area (TPSA) is 56.5 Å². The second-order valence-corrected chi connectivity index (χ2v) is 5.44. The molecule has 1 saturated heterocycles. The molecule has 0 spiro atoms. The third-order valence-electron chi connectivity index (χ3n) is 4.34. The van der Waals surface area contributed by atoms with Crippen LogP contribution in [0.4, 0.5) is 0 Å². The molecule has 2 aliphatic rings. The SMILES string of the molecule is COC1CCC(CN)(NCC2CCCO2)CC1. The Kier molecular flexibility index (Phi) is 4.79. The minimum Gasteiger partial charge on any atom is -0.381 e. The van der Waals surface area contributed by atoms with E-state index >= 15 is 0 Å². The summed E-state index contributed by atoms with van der Waals surface area (Å²) in [6.45, 7) is 2.60. The van der Waals surface area contributed by atoms with E-state index in [0.717, 1.165) is 45.4 Å². The molecule has 1 unspecified atom stereocenters. The van der Waals surface area contributed by atoms with Crippen molar-refractivity contribution in [3.8, 4) is 0 Å². The summed E-state index contributed by atoms with van der Waals surface area (Å²) in [5.74, 6) is 0. The molecule has 1 aliphatic carbocycles.